The molecule has 0 atom stereocenters. The van der Waals surface area contributed by atoms with Crippen molar-refractivity contribution in [3.63, 3.8) is 0 Å². The molecule has 2 N–H and O–H groups in total. The summed E-state index contributed by atoms with van der Waals surface area (Å²) in [6.45, 7) is 2.13. The van der Waals surface area contributed by atoms with E-state index in [9.17, 15) is 13.2 Å². The Morgan fingerprint density at radius 2 is 2.05 bits per heavy atom. The van der Waals surface area contributed by atoms with Crippen LogP contribution in [0.4, 0.5) is 5.69 Å². The molecule has 0 aliphatic carbocycles. The minimum atomic E-state index is -3.10. The van der Waals surface area contributed by atoms with Crippen molar-refractivity contribution >= 4 is 42.9 Å². The van der Waals surface area contributed by atoms with E-state index in [4.69, 9.17) is 5.73 Å². The number of nitrogen functional groups attached to an aromatic ring is 1. The predicted molar refractivity (Wildman–Crippen MR) is 87.6 cm³/mol. The Kier molecular flexibility index (Phi) is 4.25. The lowest BCUT2D eigenvalue weighted by Crippen LogP contribution is -2.31. The highest BCUT2D eigenvalue weighted by Gasteiger charge is 2.21. The summed E-state index contributed by atoms with van der Waals surface area (Å²) in [6, 6.07) is 5.77. The van der Waals surface area contributed by atoms with E-state index in [2.05, 4.69) is 0 Å². The van der Waals surface area contributed by atoms with E-state index < -0.39 is 9.84 Å². The average molecular weight is 326 g/mol. The molecule has 0 radical (unpaired) electrons. The number of nitrogens with zero attached hydrogens (tertiary/aromatic N) is 1. The summed E-state index contributed by atoms with van der Waals surface area (Å²) < 4.78 is 23.4. The minimum absolute atomic E-state index is 0.0565. The summed E-state index contributed by atoms with van der Waals surface area (Å²) in [5, 5.41) is 0.875. The molecule has 0 aliphatic heterocycles. The van der Waals surface area contributed by atoms with E-state index in [1.807, 2.05) is 25.1 Å². The fraction of sp³-hybridized carbons (Fsp3) is 0.357. The van der Waals surface area contributed by atoms with Gasteiger partial charge in [-0.15, -0.1) is 11.3 Å². The summed E-state index contributed by atoms with van der Waals surface area (Å²) in [6.07, 6.45) is 1.16. The molecule has 0 saturated carbocycles. The number of hydrogen-bond donors (Lipinski definition) is 1. The van der Waals surface area contributed by atoms with Crippen LogP contribution in [0.15, 0.2) is 18.2 Å². The lowest BCUT2D eigenvalue weighted by molar-refractivity contribution is 0.0809. The van der Waals surface area contributed by atoms with Gasteiger partial charge in [-0.25, -0.2) is 8.42 Å². The van der Waals surface area contributed by atoms with Crippen LogP contribution >= 0.6 is 11.3 Å². The number of carbonyl (C=O) groups is 1. The van der Waals surface area contributed by atoms with E-state index in [0.29, 0.717) is 10.6 Å². The second-order valence-corrected chi connectivity index (χ2v) is 8.43. The first-order valence-corrected chi connectivity index (χ1v) is 9.29. The first-order valence-electron chi connectivity index (χ1n) is 6.41. The zero-order valence-corrected chi connectivity index (χ0v) is 13.8. The average Bonchev–Trinajstić information content (AvgIpc) is 2.74. The van der Waals surface area contributed by atoms with Crippen LogP contribution in [0.5, 0.6) is 0 Å². The van der Waals surface area contributed by atoms with Crippen LogP contribution < -0.4 is 5.73 Å². The summed E-state index contributed by atoms with van der Waals surface area (Å²) in [4.78, 5) is 14.3. The number of sulfone groups is 1. The molecule has 1 amide bonds. The number of benzene rings is 1. The first-order chi connectivity index (χ1) is 9.70. The molecule has 1 aromatic carbocycles. The highest BCUT2D eigenvalue weighted by molar-refractivity contribution is 7.90. The lowest BCUT2D eigenvalue weighted by Gasteiger charge is -2.15. The second kappa shape index (κ2) is 5.65. The van der Waals surface area contributed by atoms with Crippen molar-refractivity contribution in [1.29, 1.82) is 0 Å². The van der Waals surface area contributed by atoms with Gasteiger partial charge in [0.25, 0.3) is 5.91 Å². The van der Waals surface area contributed by atoms with Crippen LogP contribution in [-0.4, -0.2) is 44.8 Å². The van der Waals surface area contributed by atoms with Crippen LogP contribution in [0.3, 0.4) is 0 Å². The molecule has 1 aromatic heterocycles. The van der Waals surface area contributed by atoms with Crippen molar-refractivity contribution in [2.75, 3.05) is 31.3 Å². The highest BCUT2D eigenvalue weighted by atomic mass is 32.2. The van der Waals surface area contributed by atoms with Crippen molar-refractivity contribution < 1.29 is 13.2 Å². The van der Waals surface area contributed by atoms with Crippen molar-refractivity contribution in [2.24, 2.45) is 0 Å². The SMILES string of the molecule is Cc1cccc2c(N)c(C(=O)N(C)CCS(C)(=O)=O)sc12. The smallest absolute Gasteiger partial charge is 0.265 e. The molecule has 21 heavy (non-hydrogen) atoms. The topological polar surface area (TPSA) is 80.5 Å². The van der Waals surface area contributed by atoms with Crippen molar-refractivity contribution in [3.05, 3.63) is 28.6 Å². The standard InChI is InChI=1S/C14H18N2O3S2/c1-9-5-4-6-10-11(15)13(20-12(9)10)14(17)16(2)7-8-21(3,18)19/h4-6H,7-8,15H2,1-3H3. The van der Waals surface area contributed by atoms with Crippen LogP contribution in [0.25, 0.3) is 10.1 Å². The summed E-state index contributed by atoms with van der Waals surface area (Å²) in [5.74, 6) is -0.296. The Bertz CT molecular complexity index is 794. The van der Waals surface area contributed by atoms with Crippen molar-refractivity contribution in [2.45, 2.75) is 6.92 Å². The zero-order chi connectivity index (χ0) is 15.8. The van der Waals surface area contributed by atoms with Gasteiger partial charge in [-0.3, -0.25) is 4.79 Å². The number of thiophene rings is 1. The number of carbonyl (C=O) groups excluding carboxylic acids is 1. The molecule has 2 aromatic rings. The molecule has 2 rings (SSSR count). The Balaban J connectivity index is 2.31. The Morgan fingerprint density at radius 1 is 1.38 bits per heavy atom. The maximum atomic E-state index is 12.4. The van der Waals surface area contributed by atoms with Crippen LogP contribution in [0.1, 0.15) is 15.2 Å². The van der Waals surface area contributed by atoms with Gasteiger partial charge in [-0.05, 0) is 12.5 Å². The first kappa shape index (κ1) is 15.8. The maximum absolute atomic E-state index is 12.4. The molecular weight excluding hydrogens is 308 g/mol. The van der Waals surface area contributed by atoms with Gasteiger partial charge in [0.1, 0.15) is 14.7 Å². The molecule has 0 unspecified atom stereocenters. The summed E-state index contributed by atoms with van der Waals surface area (Å²) >= 11 is 1.35. The molecule has 5 nitrogen and oxygen atoms in total. The second-order valence-electron chi connectivity index (χ2n) is 5.15. The number of aryl methyl sites for hydroxylation is 1. The third-order valence-corrected chi connectivity index (χ3v) is 5.56. The predicted octanol–water partition coefficient (Wildman–Crippen LogP) is 1.91. The molecule has 0 aliphatic rings. The monoisotopic (exact) mass is 326 g/mol. The van der Waals surface area contributed by atoms with E-state index >= 15 is 0 Å². The molecular formula is C14H18N2O3S2. The Labute approximate surface area is 128 Å². The van der Waals surface area contributed by atoms with E-state index in [1.165, 1.54) is 16.2 Å². The Morgan fingerprint density at radius 3 is 2.62 bits per heavy atom. The van der Waals surface area contributed by atoms with Crippen LogP contribution in [0.2, 0.25) is 0 Å². The number of hydrogen-bond acceptors (Lipinski definition) is 5. The highest BCUT2D eigenvalue weighted by Crippen LogP contribution is 2.36. The summed E-state index contributed by atoms with van der Waals surface area (Å²) in [7, 11) is -1.51. The molecule has 0 spiro atoms. The third kappa shape index (κ3) is 3.36. The van der Waals surface area contributed by atoms with Gasteiger partial charge in [0, 0.05) is 29.9 Å². The van der Waals surface area contributed by atoms with E-state index in [-0.39, 0.29) is 18.2 Å². The third-order valence-electron chi connectivity index (χ3n) is 3.29. The number of nitrogens with two attached hydrogens (primary N) is 1. The van der Waals surface area contributed by atoms with E-state index in [1.54, 1.807) is 7.05 Å². The number of rotatable bonds is 4. The maximum Gasteiger partial charge on any atom is 0.265 e. The number of fused-ring (bicyclic) bond motifs is 1. The number of anilines is 1. The van der Waals surface area contributed by atoms with Crippen molar-refractivity contribution in [1.82, 2.24) is 4.90 Å². The van der Waals surface area contributed by atoms with Crippen LogP contribution in [0, 0.1) is 6.92 Å². The molecule has 114 valence electrons. The number of amides is 1. The Hall–Kier alpha value is -1.60. The van der Waals surface area contributed by atoms with Gasteiger partial charge in [-0.2, -0.15) is 0 Å². The zero-order valence-electron chi connectivity index (χ0n) is 12.2. The van der Waals surface area contributed by atoms with Gasteiger partial charge in [-0.1, -0.05) is 18.2 Å². The molecule has 0 saturated heterocycles. The van der Waals surface area contributed by atoms with Crippen molar-refractivity contribution in [3.8, 4) is 0 Å². The van der Waals surface area contributed by atoms with E-state index in [0.717, 1.165) is 21.9 Å². The van der Waals surface area contributed by atoms with Gasteiger partial charge < -0.3 is 10.6 Å². The fourth-order valence-corrected chi connectivity index (χ4v) is 3.81. The fourth-order valence-electron chi connectivity index (χ4n) is 2.02. The minimum Gasteiger partial charge on any atom is -0.397 e. The molecule has 0 bridgehead atoms. The van der Waals surface area contributed by atoms with Gasteiger partial charge >= 0.3 is 0 Å². The molecule has 1 heterocycles. The summed E-state index contributed by atoms with van der Waals surface area (Å²) in [5.41, 5.74) is 7.61. The van der Waals surface area contributed by atoms with Crippen LogP contribution in [-0.2, 0) is 9.84 Å². The quantitative estimate of drug-likeness (QED) is 0.930. The van der Waals surface area contributed by atoms with Gasteiger partial charge in [0.2, 0.25) is 0 Å². The molecule has 7 heteroatoms. The largest absolute Gasteiger partial charge is 0.397 e. The normalized spacial score (nSPS) is 11.8. The lowest BCUT2D eigenvalue weighted by atomic mass is 10.1. The molecule has 0 fully saturated rings. The van der Waals surface area contributed by atoms with Gasteiger partial charge in [0.05, 0.1) is 11.4 Å². The van der Waals surface area contributed by atoms with Gasteiger partial charge in [0.15, 0.2) is 0 Å².